The molecule has 0 aliphatic carbocycles. The standard InChI is InChI=1S/C11H9F3N2O2/c1-2-18-10(17)5-8-3-7(11(12,13)14)4-9(6-15)16-8/h3-4H,2,5H2,1H3. The number of nitriles is 1. The van der Waals surface area contributed by atoms with Crippen molar-refractivity contribution < 1.29 is 22.7 Å². The first kappa shape index (κ1) is 14.0. The first-order valence-corrected chi connectivity index (χ1v) is 5.00. The van der Waals surface area contributed by atoms with Gasteiger partial charge >= 0.3 is 12.1 Å². The van der Waals surface area contributed by atoms with Crippen LogP contribution in [0.25, 0.3) is 0 Å². The highest BCUT2D eigenvalue weighted by atomic mass is 19.4. The lowest BCUT2D eigenvalue weighted by Crippen LogP contribution is -2.12. The van der Waals surface area contributed by atoms with Crippen molar-refractivity contribution in [3.63, 3.8) is 0 Å². The van der Waals surface area contributed by atoms with Crippen molar-refractivity contribution in [3.8, 4) is 6.07 Å². The minimum absolute atomic E-state index is 0.128. The molecule has 0 radical (unpaired) electrons. The Morgan fingerprint density at radius 2 is 2.17 bits per heavy atom. The predicted octanol–water partition coefficient (Wildman–Crippen LogP) is 2.08. The molecule has 0 saturated heterocycles. The largest absolute Gasteiger partial charge is 0.466 e. The molecule has 0 N–H and O–H groups in total. The number of ether oxygens (including phenoxy) is 1. The second kappa shape index (κ2) is 5.49. The summed E-state index contributed by atoms with van der Waals surface area (Å²) in [5.74, 6) is -0.687. The molecule has 0 amide bonds. The Kier molecular flexibility index (Phi) is 4.26. The van der Waals surface area contributed by atoms with E-state index >= 15 is 0 Å². The minimum atomic E-state index is -4.59. The lowest BCUT2D eigenvalue weighted by molar-refractivity contribution is -0.143. The molecule has 18 heavy (non-hydrogen) atoms. The van der Waals surface area contributed by atoms with Gasteiger partial charge in [0.25, 0.3) is 0 Å². The maximum Gasteiger partial charge on any atom is 0.416 e. The van der Waals surface area contributed by atoms with Crippen molar-refractivity contribution >= 4 is 5.97 Å². The van der Waals surface area contributed by atoms with Crippen LogP contribution in [0, 0.1) is 11.3 Å². The summed E-state index contributed by atoms with van der Waals surface area (Å²) in [6.45, 7) is 1.71. The van der Waals surface area contributed by atoms with Gasteiger partial charge in [-0.1, -0.05) is 0 Å². The molecule has 0 fully saturated rings. The molecule has 0 aliphatic heterocycles. The van der Waals surface area contributed by atoms with Crippen LogP contribution in [0.5, 0.6) is 0 Å². The van der Waals surface area contributed by atoms with Gasteiger partial charge in [-0.15, -0.1) is 0 Å². The summed E-state index contributed by atoms with van der Waals surface area (Å²) in [6, 6.07) is 2.89. The lowest BCUT2D eigenvalue weighted by atomic mass is 10.1. The number of esters is 1. The number of carbonyl (C=O) groups is 1. The van der Waals surface area contributed by atoms with E-state index < -0.39 is 24.1 Å². The third-order valence-electron chi connectivity index (χ3n) is 1.95. The van der Waals surface area contributed by atoms with Gasteiger partial charge in [0.2, 0.25) is 0 Å². The topological polar surface area (TPSA) is 63.0 Å². The average Bonchev–Trinajstić information content (AvgIpc) is 2.27. The van der Waals surface area contributed by atoms with Gasteiger partial charge in [-0.05, 0) is 19.1 Å². The van der Waals surface area contributed by atoms with Crippen LogP contribution in [0.4, 0.5) is 13.2 Å². The number of hydrogen-bond donors (Lipinski definition) is 0. The van der Waals surface area contributed by atoms with Gasteiger partial charge in [-0.2, -0.15) is 18.4 Å². The minimum Gasteiger partial charge on any atom is -0.466 e. The summed E-state index contributed by atoms with van der Waals surface area (Å²) in [5, 5.41) is 8.59. The van der Waals surface area contributed by atoms with Gasteiger partial charge in [-0.25, -0.2) is 4.98 Å². The number of nitrogens with zero attached hydrogens (tertiary/aromatic N) is 2. The maximum atomic E-state index is 12.5. The van der Waals surface area contributed by atoms with Crippen LogP contribution in [0.1, 0.15) is 23.9 Å². The second-order valence-electron chi connectivity index (χ2n) is 3.32. The Morgan fingerprint density at radius 3 is 2.67 bits per heavy atom. The van der Waals surface area contributed by atoms with Gasteiger partial charge in [0, 0.05) is 0 Å². The van der Waals surface area contributed by atoms with Crippen molar-refractivity contribution in [2.45, 2.75) is 19.5 Å². The fraction of sp³-hybridized carbons (Fsp3) is 0.364. The highest BCUT2D eigenvalue weighted by Gasteiger charge is 2.31. The highest BCUT2D eigenvalue weighted by molar-refractivity contribution is 5.72. The van der Waals surface area contributed by atoms with Gasteiger partial charge < -0.3 is 4.74 Å². The molecular formula is C11H9F3N2O2. The molecule has 0 aromatic carbocycles. The van der Waals surface area contributed by atoms with E-state index in [2.05, 4.69) is 9.72 Å². The highest BCUT2D eigenvalue weighted by Crippen LogP contribution is 2.29. The van der Waals surface area contributed by atoms with Crippen LogP contribution >= 0.6 is 0 Å². The van der Waals surface area contributed by atoms with Gasteiger partial charge in [0.15, 0.2) is 0 Å². The van der Waals surface area contributed by atoms with E-state index in [9.17, 15) is 18.0 Å². The summed E-state index contributed by atoms with van der Waals surface area (Å²) in [6.07, 6.45) is -4.98. The average molecular weight is 258 g/mol. The summed E-state index contributed by atoms with van der Waals surface area (Å²) in [4.78, 5) is 14.8. The quantitative estimate of drug-likeness (QED) is 0.778. The molecule has 0 aliphatic rings. The number of rotatable bonds is 3. The van der Waals surface area contributed by atoms with E-state index in [0.29, 0.717) is 6.07 Å². The molecule has 0 bridgehead atoms. The zero-order chi connectivity index (χ0) is 13.8. The molecule has 1 aromatic rings. The van der Waals surface area contributed by atoms with Crippen LogP contribution < -0.4 is 0 Å². The van der Waals surface area contributed by atoms with Crippen LogP contribution in [-0.2, 0) is 22.1 Å². The smallest absolute Gasteiger partial charge is 0.416 e. The van der Waals surface area contributed by atoms with E-state index in [1.165, 1.54) is 6.07 Å². The fourth-order valence-corrected chi connectivity index (χ4v) is 1.26. The van der Waals surface area contributed by atoms with Crippen LogP contribution in [0.15, 0.2) is 12.1 Å². The summed E-state index contributed by atoms with van der Waals surface area (Å²) in [5.41, 5.74) is -1.53. The van der Waals surface area contributed by atoms with E-state index in [-0.39, 0.29) is 18.0 Å². The molecule has 1 aromatic heterocycles. The molecule has 96 valence electrons. The molecule has 1 heterocycles. The zero-order valence-corrected chi connectivity index (χ0v) is 9.41. The molecule has 0 spiro atoms. The van der Waals surface area contributed by atoms with E-state index in [1.54, 1.807) is 6.92 Å². The van der Waals surface area contributed by atoms with E-state index in [0.717, 1.165) is 6.07 Å². The number of alkyl halides is 3. The number of aromatic nitrogens is 1. The van der Waals surface area contributed by atoms with Crippen molar-refractivity contribution in [3.05, 3.63) is 29.1 Å². The number of hydrogen-bond acceptors (Lipinski definition) is 4. The summed E-state index contributed by atoms with van der Waals surface area (Å²) < 4.78 is 42.2. The second-order valence-corrected chi connectivity index (χ2v) is 3.32. The third-order valence-corrected chi connectivity index (χ3v) is 1.95. The summed E-state index contributed by atoms with van der Waals surface area (Å²) >= 11 is 0. The fourth-order valence-electron chi connectivity index (χ4n) is 1.26. The normalized spacial score (nSPS) is 10.8. The van der Waals surface area contributed by atoms with Gasteiger partial charge in [0.05, 0.1) is 24.3 Å². The van der Waals surface area contributed by atoms with Crippen molar-refractivity contribution in [2.75, 3.05) is 6.61 Å². The van der Waals surface area contributed by atoms with E-state index in [1.807, 2.05) is 0 Å². The third kappa shape index (κ3) is 3.73. The Morgan fingerprint density at radius 1 is 1.50 bits per heavy atom. The lowest BCUT2D eigenvalue weighted by Gasteiger charge is -2.08. The summed E-state index contributed by atoms with van der Waals surface area (Å²) in [7, 11) is 0. The Balaban J connectivity index is 3.06. The molecule has 7 heteroatoms. The molecule has 0 atom stereocenters. The van der Waals surface area contributed by atoms with Crippen molar-refractivity contribution in [2.24, 2.45) is 0 Å². The Hall–Kier alpha value is -2.10. The van der Waals surface area contributed by atoms with Gasteiger partial charge in [-0.3, -0.25) is 4.79 Å². The molecule has 1 rings (SSSR count). The van der Waals surface area contributed by atoms with Crippen LogP contribution in [0.3, 0.4) is 0 Å². The first-order valence-electron chi connectivity index (χ1n) is 5.00. The number of carbonyl (C=O) groups excluding carboxylic acids is 1. The van der Waals surface area contributed by atoms with Crippen LogP contribution in [0.2, 0.25) is 0 Å². The first-order chi connectivity index (χ1) is 8.36. The zero-order valence-electron chi connectivity index (χ0n) is 9.41. The molecule has 4 nitrogen and oxygen atoms in total. The Labute approximate surface area is 101 Å². The molecular weight excluding hydrogens is 249 g/mol. The van der Waals surface area contributed by atoms with E-state index in [4.69, 9.17) is 5.26 Å². The molecule has 0 unspecified atom stereocenters. The van der Waals surface area contributed by atoms with Crippen molar-refractivity contribution in [1.29, 1.82) is 5.26 Å². The molecule has 0 saturated carbocycles. The monoisotopic (exact) mass is 258 g/mol. The van der Waals surface area contributed by atoms with Crippen LogP contribution in [-0.4, -0.2) is 17.6 Å². The van der Waals surface area contributed by atoms with Gasteiger partial charge in [0.1, 0.15) is 11.8 Å². The number of pyridine rings is 1. The van der Waals surface area contributed by atoms with Crippen molar-refractivity contribution in [1.82, 2.24) is 4.98 Å². The maximum absolute atomic E-state index is 12.5. The number of halogens is 3. The predicted molar refractivity (Wildman–Crippen MR) is 54.3 cm³/mol. The Bertz CT molecular complexity index is 492. The SMILES string of the molecule is CCOC(=O)Cc1cc(C(F)(F)F)cc(C#N)n1.